The summed E-state index contributed by atoms with van der Waals surface area (Å²) < 4.78 is 3.46. The lowest BCUT2D eigenvalue weighted by Gasteiger charge is -2.22. The molecule has 0 N–H and O–H groups in total. The van der Waals surface area contributed by atoms with Crippen molar-refractivity contribution in [3.63, 3.8) is 0 Å². The van der Waals surface area contributed by atoms with Crippen LogP contribution in [-0.2, 0) is 6.42 Å². The molecule has 0 radical (unpaired) electrons. The Balaban J connectivity index is 1.94. The number of hydrogen-bond acceptors (Lipinski definition) is 0. The van der Waals surface area contributed by atoms with E-state index < -0.39 is 0 Å². The van der Waals surface area contributed by atoms with Gasteiger partial charge in [-0.1, -0.05) is 18.2 Å². The SMILES string of the molecule is C[N+](C)(C)CCC[N+]1=CCc2ccccc21. The van der Waals surface area contributed by atoms with Crippen LogP contribution in [0.4, 0.5) is 5.69 Å². The van der Waals surface area contributed by atoms with Crippen molar-refractivity contribution in [3.05, 3.63) is 29.8 Å². The summed E-state index contributed by atoms with van der Waals surface area (Å²) in [6.45, 7) is 2.37. The van der Waals surface area contributed by atoms with Crippen LogP contribution in [0, 0.1) is 0 Å². The summed E-state index contributed by atoms with van der Waals surface area (Å²) in [5.41, 5.74) is 2.87. The molecule has 1 aromatic carbocycles. The Morgan fingerprint density at radius 3 is 2.69 bits per heavy atom. The van der Waals surface area contributed by atoms with Crippen molar-refractivity contribution in [1.82, 2.24) is 0 Å². The third-order valence-corrected chi connectivity index (χ3v) is 3.06. The second kappa shape index (κ2) is 4.38. The maximum Gasteiger partial charge on any atom is 0.208 e. The molecule has 0 bridgehead atoms. The lowest BCUT2D eigenvalue weighted by molar-refractivity contribution is -0.871. The Kier molecular flexibility index (Phi) is 3.10. The van der Waals surface area contributed by atoms with Gasteiger partial charge < -0.3 is 4.48 Å². The molecule has 1 aliphatic rings. The maximum atomic E-state index is 2.41. The zero-order valence-corrected chi connectivity index (χ0v) is 10.6. The summed E-state index contributed by atoms with van der Waals surface area (Å²) in [6.07, 6.45) is 4.66. The molecular weight excluding hydrogens is 196 g/mol. The minimum atomic E-state index is 1.05. The zero-order valence-electron chi connectivity index (χ0n) is 10.6. The van der Waals surface area contributed by atoms with E-state index in [0.717, 1.165) is 17.4 Å². The van der Waals surface area contributed by atoms with Gasteiger partial charge in [-0.05, 0) is 0 Å². The van der Waals surface area contributed by atoms with E-state index in [1.165, 1.54) is 24.2 Å². The van der Waals surface area contributed by atoms with E-state index in [0.29, 0.717) is 0 Å². The van der Waals surface area contributed by atoms with Gasteiger partial charge in [0.15, 0.2) is 6.54 Å². The molecule has 86 valence electrons. The first-order valence-electron chi connectivity index (χ1n) is 6.05. The predicted molar refractivity (Wildman–Crippen MR) is 68.5 cm³/mol. The van der Waals surface area contributed by atoms with Gasteiger partial charge in [-0.3, -0.25) is 0 Å². The van der Waals surface area contributed by atoms with Gasteiger partial charge in [-0.25, -0.2) is 4.58 Å². The first kappa shape index (κ1) is 11.3. The van der Waals surface area contributed by atoms with Gasteiger partial charge in [0.05, 0.1) is 40.5 Å². The van der Waals surface area contributed by atoms with Crippen molar-refractivity contribution in [3.8, 4) is 0 Å². The van der Waals surface area contributed by atoms with Crippen molar-refractivity contribution in [2.75, 3.05) is 34.2 Å². The standard InChI is InChI=1S/C14H22N2/c1-16(2,3)12-6-10-15-11-9-13-7-4-5-8-14(13)15/h4-5,7-8,11H,6,9-10,12H2,1-3H3/q+2. The summed E-state index contributed by atoms with van der Waals surface area (Å²) in [5.74, 6) is 0. The van der Waals surface area contributed by atoms with Gasteiger partial charge >= 0.3 is 0 Å². The smallest absolute Gasteiger partial charge is 0.208 e. The topological polar surface area (TPSA) is 3.01 Å². The van der Waals surface area contributed by atoms with Crippen LogP contribution in [-0.4, -0.2) is 49.5 Å². The Labute approximate surface area is 98.4 Å². The molecule has 1 heterocycles. The van der Waals surface area contributed by atoms with Gasteiger partial charge in [-0.15, -0.1) is 0 Å². The van der Waals surface area contributed by atoms with Crippen LogP contribution in [0.2, 0.25) is 0 Å². The number of fused-ring (bicyclic) bond motifs is 1. The van der Waals surface area contributed by atoms with E-state index in [1.54, 1.807) is 0 Å². The van der Waals surface area contributed by atoms with Crippen molar-refractivity contribution in [1.29, 1.82) is 0 Å². The van der Waals surface area contributed by atoms with E-state index >= 15 is 0 Å². The highest BCUT2D eigenvalue weighted by molar-refractivity contribution is 5.66. The van der Waals surface area contributed by atoms with Gasteiger partial charge in [0.1, 0.15) is 6.21 Å². The predicted octanol–water partition coefficient (Wildman–Crippen LogP) is 2.05. The molecule has 0 atom stereocenters. The summed E-state index contributed by atoms with van der Waals surface area (Å²) >= 11 is 0. The summed E-state index contributed by atoms with van der Waals surface area (Å²) in [7, 11) is 6.75. The Hall–Kier alpha value is -1.15. The molecule has 0 fully saturated rings. The van der Waals surface area contributed by atoms with Crippen LogP contribution in [0.3, 0.4) is 0 Å². The molecule has 16 heavy (non-hydrogen) atoms. The fourth-order valence-corrected chi connectivity index (χ4v) is 2.20. The van der Waals surface area contributed by atoms with E-state index in [9.17, 15) is 0 Å². The third kappa shape index (κ3) is 2.70. The fraction of sp³-hybridized carbons (Fsp3) is 0.500. The van der Waals surface area contributed by atoms with Crippen LogP contribution in [0.15, 0.2) is 24.3 Å². The third-order valence-electron chi connectivity index (χ3n) is 3.06. The molecule has 0 amide bonds. The minimum Gasteiger partial charge on any atom is -0.331 e. The monoisotopic (exact) mass is 218 g/mol. The number of rotatable bonds is 4. The summed E-state index contributed by atoms with van der Waals surface area (Å²) in [6, 6.07) is 8.71. The van der Waals surface area contributed by atoms with Crippen molar-refractivity contribution >= 4 is 11.9 Å². The first-order chi connectivity index (χ1) is 7.56. The minimum absolute atomic E-state index is 1.05. The summed E-state index contributed by atoms with van der Waals surface area (Å²) in [5, 5.41) is 0. The molecule has 0 saturated heterocycles. The van der Waals surface area contributed by atoms with Crippen LogP contribution >= 0.6 is 0 Å². The molecule has 1 aromatic rings. The number of nitrogens with zero attached hydrogens (tertiary/aromatic N) is 2. The first-order valence-corrected chi connectivity index (χ1v) is 6.05. The lowest BCUT2D eigenvalue weighted by Crippen LogP contribution is -2.36. The maximum absolute atomic E-state index is 2.41. The highest BCUT2D eigenvalue weighted by atomic mass is 15.3. The van der Waals surface area contributed by atoms with Gasteiger partial charge in [-0.2, -0.15) is 0 Å². The van der Waals surface area contributed by atoms with Gasteiger partial charge in [0.2, 0.25) is 5.69 Å². The quantitative estimate of drug-likeness (QED) is 0.537. The Morgan fingerprint density at radius 2 is 1.94 bits per heavy atom. The highest BCUT2D eigenvalue weighted by Gasteiger charge is 2.20. The number of benzene rings is 1. The molecule has 2 rings (SSSR count). The second-order valence-electron chi connectivity index (χ2n) is 5.58. The van der Waals surface area contributed by atoms with Gasteiger partial charge in [0, 0.05) is 11.6 Å². The van der Waals surface area contributed by atoms with Crippen molar-refractivity contribution < 1.29 is 9.06 Å². The lowest BCUT2D eigenvalue weighted by atomic mass is 10.1. The normalized spacial score (nSPS) is 14.8. The van der Waals surface area contributed by atoms with Crippen LogP contribution in [0.5, 0.6) is 0 Å². The number of hydrogen-bond donors (Lipinski definition) is 0. The molecule has 2 nitrogen and oxygen atoms in total. The molecule has 2 heteroatoms. The van der Waals surface area contributed by atoms with Crippen LogP contribution in [0.25, 0.3) is 0 Å². The average Bonchev–Trinajstić information content (AvgIpc) is 2.60. The van der Waals surface area contributed by atoms with Gasteiger partial charge in [0.25, 0.3) is 0 Å². The Morgan fingerprint density at radius 1 is 1.19 bits per heavy atom. The molecule has 0 spiro atoms. The fourth-order valence-electron chi connectivity index (χ4n) is 2.20. The molecule has 0 aromatic heterocycles. The second-order valence-corrected chi connectivity index (χ2v) is 5.58. The largest absolute Gasteiger partial charge is 0.331 e. The van der Waals surface area contributed by atoms with Crippen molar-refractivity contribution in [2.45, 2.75) is 12.8 Å². The van der Waals surface area contributed by atoms with E-state index in [4.69, 9.17) is 0 Å². The molecule has 0 aliphatic carbocycles. The van der Waals surface area contributed by atoms with E-state index in [-0.39, 0.29) is 0 Å². The summed E-state index contributed by atoms with van der Waals surface area (Å²) in [4.78, 5) is 0. The van der Waals surface area contributed by atoms with Crippen molar-refractivity contribution in [2.24, 2.45) is 0 Å². The van der Waals surface area contributed by atoms with E-state index in [2.05, 4.69) is 56.2 Å². The van der Waals surface area contributed by atoms with Crippen LogP contribution < -0.4 is 0 Å². The molecule has 1 aliphatic heterocycles. The number of quaternary nitrogens is 1. The zero-order chi connectivity index (χ0) is 11.6. The van der Waals surface area contributed by atoms with Crippen LogP contribution in [0.1, 0.15) is 12.0 Å². The Bertz CT molecular complexity index is 399. The number of para-hydroxylation sites is 1. The molecule has 0 unspecified atom stereocenters. The highest BCUT2D eigenvalue weighted by Crippen LogP contribution is 2.23. The molecule has 0 saturated carbocycles. The average molecular weight is 218 g/mol. The molecular formula is C14H22N2+2. The van der Waals surface area contributed by atoms with E-state index in [1.807, 2.05) is 0 Å².